The molecular weight excluding hydrogens is 248 g/mol. The van der Waals surface area contributed by atoms with Gasteiger partial charge in [0.2, 0.25) is 10.0 Å². The van der Waals surface area contributed by atoms with Gasteiger partial charge in [-0.25, -0.2) is 13.1 Å². The molecule has 0 saturated heterocycles. The highest BCUT2D eigenvalue weighted by molar-refractivity contribution is 7.89. The normalized spacial score (nSPS) is 16.6. The third-order valence-electron chi connectivity index (χ3n) is 3.43. The lowest BCUT2D eigenvalue weighted by Gasteiger charge is -2.28. The van der Waals surface area contributed by atoms with Crippen LogP contribution in [0.3, 0.4) is 0 Å². The van der Waals surface area contributed by atoms with Crippen LogP contribution in [0.5, 0.6) is 0 Å². The average Bonchev–Trinajstić information content (AvgIpc) is 2.37. The monoisotopic (exact) mass is 268 g/mol. The second-order valence-corrected chi connectivity index (χ2v) is 6.60. The summed E-state index contributed by atoms with van der Waals surface area (Å²) in [5.74, 6) is 0.0818. The van der Waals surface area contributed by atoms with Gasteiger partial charge in [0.1, 0.15) is 5.88 Å². The standard InChI is InChI=1S/C13H20N2O2S/c1-3-11-4-5-13-9-15(7-6-12(13)8-11)10-18(16,17)14-2/h4-5,8,14H,3,6-7,9-10H2,1-2H3. The van der Waals surface area contributed by atoms with E-state index in [9.17, 15) is 8.42 Å². The first-order valence-electron chi connectivity index (χ1n) is 6.28. The summed E-state index contributed by atoms with van der Waals surface area (Å²) in [7, 11) is -1.70. The molecular formula is C13H20N2O2S. The summed E-state index contributed by atoms with van der Waals surface area (Å²) in [6.45, 7) is 3.68. The van der Waals surface area contributed by atoms with Crippen molar-refractivity contribution < 1.29 is 8.42 Å². The molecule has 1 aliphatic rings. The van der Waals surface area contributed by atoms with E-state index in [0.29, 0.717) is 0 Å². The topological polar surface area (TPSA) is 49.4 Å². The molecule has 18 heavy (non-hydrogen) atoms. The van der Waals surface area contributed by atoms with Crippen LogP contribution in [0.4, 0.5) is 0 Å². The van der Waals surface area contributed by atoms with Crippen LogP contribution in [0, 0.1) is 0 Å². The number of sulfonamides is 1. The fourth-order valence-electron chi connectivity index (χ4n) is 2.30. The largest absolute Gasteiger partial charge is 0.284 e. The number of nitrogens with one attached hydrogen (secondary N) is 1. The number of aryl methyl sites for hydroxylation is 1. The summed E-state index contributed by atoms with van der Waals surface area (Å²) in [5.41, 5.74) is 3.97. The van der Waals surface area contributed by atoms with E-state index in [4.69, 9.17) is 0 Å². The SMILES string of the molecule is CCc1ccc2c(c1)CCN(CS(=O)(=O)NC)C2. The summed E-state index contributed by atoms with van der Waals surface area (Å²) >= 11 is 0. The molecule has 1 heterocycles. The second kappa shape index (κ2) is 5.38. The van der Waals surface area contributed by atoms with Gasteiger partial charge >= 0.3 is 0 Å². The highest BCUT2D eigenvalue weighted by atomic mass is 32.2. The summed E-state index contributed by atoms with van der Waals surface area (Å²) in [6, 6.07) is 6.51. The van der Waals surface area contributed by atoms with Gasteiger partial charge < -0.3 is 0 Å². The maximum absolute atomic E-state index is 11.5. The fourth-order valence-corrected chi connectivity index (χ4v) is 3.13. The molecule has 0 amide bonds. The van der Waals surface area contributed by atoms with E-state index in [-0.39, 0.29) is 5.88 Å². The number of hydrogen-bond donors (Lipinski definition) is 1. The molecule has 4 nitrogen and oxygen atoms in total. The molecule has 2 rings (SSSR count). The van der Waals surface area contributed by atoms with Gasteiger partial charge in [-0.3, -0.25) is 4.90 Å². The van der Waals surface area contributed by atoms with Crippen molar-refractivity contribution in [1.29, 1.82) is 0 Å². The van der Waals surface area contributed by atoms with Crippen LogP contribution in [0.25, 0.3) is 0 Å². The molecule has 0 spiro atoms. The Labute approximate surface area is 109 Å². The molecule has 0 unspecified atom stereocenters. The van der Waals surface area contributed by atoms with Gasteiger partial charge in [-0.05, 0) is 36.6 Å². The lowest BCUT2D eigenvalue weighted by Crippen LogP contribution is -2.38. The van der Waals surface area contributed by atoms with E-state index < -0.39 is 10.0 Å². The lowest BCUT2D eigenvalue weighted by atomic mass is 9.97. The predicted octanol–water partition coefficient (Wildman–Crippen LogP) is 1.11. The number of rotatable bonds is 4. The Bertz CT molecular complexity index is 526. The van der Waals surface area contributed by atoms with E-state index in [1.165, 1.54) is 23.7 Å². The number of nitrogens with zero attached hydrogens (tertiary/aromatic N) is 1. The van der Waals surface area contributed by atoms with Crippen molar-refractivity contribution >= 4 is 10.0 Å². The molecule has 5 heteroatoms. The maximum Gasteiger partial charge on any atom is 0.224 e. The van der Waals surface area contributed by atoms with Crippen LogP contribution in [0.1, 0.15) is 23.6 Å². The quantitative estimate of drug-likeness (QED) is 0.890. The Hall–Kier alpha value is -0.910. The minimum Gasteiger partial charge on any atom is -0.284 e. The van der Waals surface area contributed by atoms with Gasteiger partial charge in [0.05, 0.1) is 0 Å². The summed E-state index contributed by atoms with van der Waals surface area (Å²) in [6.07, 6.45) is 1.98. The van der Waals surface area contributed by atoms with Crippen LogP contribution in [0.2, 0.25) is 0 Å². The van der Waals surface area contributed by atoms with Crippen molar-refractivity contribution in [2.45, 2.75) is 26.3 Å². The minimum absolute atomic E-state index is 0.0818. The third kappa shape index (κ3) is 3.10. The van der Waals surface area contributed by atoms with Gasteiger partial charge in [0, 0.05) is 13.1 Å². The Morgan fingerprint density at radius 1 is 1.33 bits per heavy atom. The first-order chi connectivity index (χ1) is 8.54. The zero-order valence-electron chi connectivity index (χ0n) is 10.9. The molecule has 0 radical (unpaired) electrons. The smallest absolute Gasteiger partial charge is 0.224 e. The number of benzene rings is 1. The van der Waals surface area contributed by atoms with Crippen molar-refractivity contribution in [2.24, 2.45) is 0 Å². The average molecular weight is 268 g/mol. The van der Waals surface area contributed by atoms with Crippen LogP contribution in [-0.4, -0.2) is 32.8 Å². The van der Waals surface area contributed by atoms with Crippen LogP contribution in [-0.2, 0) is 29.4 Å². The lowest BCUT2D eigenvalue weighted by molar-refractivity contribution is 0.292. The summed E-state index contributed by atoms with van der Waals surface area (Å²) < 4.78 is 25.4. The van der Waals surface area contributed by atoms with Crippen LogP contribution < -0.4 is 4.72 Å². The second-order valence-electron chi connectivity index (χ2n) is 4.71. The highest BCUT2D eigenvalue weighted by Crippen LogP contribution is 2.20. The Kier molecular flexibility index (Phi) is 4.04. The number of fused-ring (bicyclic) bond motifs is 1. The summed E-state index contributed by atoms with van der Waals surface area (Å²) in [5, 5.41) is 0. The maximum atomic E-state index is 11.5. The van der Waals surface area contributed by atoms with Gasteiger partial charge in [-0.15, -0.1) is 0 Å². The van der Waals surface area contributed by atoms with Crippen molar-refractivity contribution in [3.63, 3.8) is 0 Å². The van der Waals surface area contributed by atoms with E-state index in [0.717, 1.165) is 25.9 Å². The van der Waals surface area contributed by atoms with Crippen molar-refractivity contribution in [3.8, 4) is 0 Å². The molecule has 0 aliphatic carbocycles. The number of hydrogen-bond acceptors (Lipinski definition) is 3. The Balaban J connectivity index is 2.11. The van der Waals surface area contributed by atoms with Crippen LogP contribution in [0.15, 0.2) is 18.2 Å². The van der Waals surface area contributed by atoms with Gasteiger partial charge in [-0.1, -0.05) is 25.1 Å². The van der Waals surface area contributed by atoms with Crippen LogP contribution >= 0.6 is 0 Å². The third-order valence-corrected chi connectivity index (χ3v) is 4.76. The highest BCUT2D eigenvalue weighted by Gasteiger charge is 2.20. The molecule has 0 saturated carbocycles. The summed E-state index contributed by atoms with van der Waals surface area (Å²) in [4.78, 5) is 1.97. The Morgan fingerprint density at radius 3 is 2.78 bits per heavy atom. The molecule has 0 bridgehead atoms. The molecule has 1 aliphatic heterocycles. The molecule has 0 atom stereocenters. The molecule has 1 N–H and O–H groups in total. The minimum atomic E-state index is -3.16. The molecule has 0 fully saturated rings. The first kappa shape index (κ1) is 13.5. The van der Waals surface area contributed by atoms with Crippen molar-refractivity contribution in [1.82, 2.24) is 9.62 Å². The van der Waals surface area contributed by atoms with E-state index in [2.05, 4.69) is 29.8 Å². The van der Waals surface area contributed by atoms with Gasteiger partial charge in [-0.2, -0.15) is 0 Å². The first-order valence-corrected chi connectivity index (χ1v) is 7.93. The molecule has 1 aromatic carbocycles. The molecule has 0 aromatic heterocycles. The predicted molar refractivity (Wildman–Crippen MR) is 72.8 cm³/mol. The van der Waals surface area contributed by atoms with Crippen molar-refractivity contribution in [3.05, 3.63) is 34.9 Å². The van der Waals surface area contributed by atoms with E-state index in [1.807, 2.05) is 4.90 Å². The van der Waals surface area contributed by atoms with E-state index in [1.54, 1.807) is 0 Å². The molecule has 100 valence electrons. The van der Waals surface area contributed by atoms with Gasteiger partial charge in [0.15, 0.2) is 0 Å². The molecule has 1 aromatic rings. The fraction of sp³-hybridized carbons (Fsp3) is 0.538. The van der Waals surface area contributed by atoms with E-state index >= 15 is 0 Å². The zero-order valence-corrected chi connectivity index (χ0v) is 11.8. The van der Waals surface area contributed by atoms with Crippen molar-refractivity contribution in [2.75, 3.05) is 19.5 Å². The zero-order chi connectivity index (χ0) is 13.2. The Morgan fingerprint density at radius 2 is 2.11 bits per heavy atom. The van der Waals surface area contributed by atoms with Gasteiger partial charge in [0.25, 0.3) is 0 Å².